The van der Waals surface area contributed by atoms with Gasteiger partial charge in [0.15, 0.2) is 0 Å². The van der Waals surface area contributed by atoms with Gasteiger partial charge in [-0.1, -0.05) is 23.8 Å². The molecule has 3 rings (SSSR count). The summed E-state index contributed by atoms with van der Waals surface area (Å²) in [7, 11) is 1.53. The molecule has 0 saturated carbocycles. The number of carbonyl (C=O) groups excluding carboxylic acids is 3. The van der Waals surface area contributed by atoms with Gasteiger partial charge in [0.2, 0.25) is 5.91 Å². The molecule has 2 heterocycles. The van der Waals surface area contributed by atoms with Crippen molar-refractivity contribution in [3.05, 3.63) is 76.1 Å². The molecule has 1 aliphatic heterocycles. The van der Waals surface area contributed by atoms with Crippen molar-refractivity contribution < 1.29 is 14.4 Å². The standard InChI is InChI=1S/C22H24N4O3/c1-14(2)8-20(27)26-12-17-5-4-15(9-18(17)13-26)10-25-21(28)16-6-7-19(24-11-16)22(29)23-3/h4-9,11H,10,12-13H2,1-3H3,(H,23,29)(H,25,28). The van der Waals surface area contributed by atoms with Crippen LogP contribution in [0.25, 0.3) is 0 Å². The third-order valence-electron chi connectivity index (χ3n) is 4.66. The van der Waals surface area contributed by atoms with E-state index in [0.717, 1.165) is 22.3 Å². The van der Waals surface area contributed by atoms with Gasteiger partial charge in [0.1, 0.15) is 5.69 Å². The van der Waals surface area contributed by atoms with Gasteiger partial charge in [0.05, 0.1) is 5.56 Å². The number of carbonyl (C=O) groups is 3. The summed E-state index contributed by atoms with van der Waals surface area (Å²) >= 11 is 0. The molecular formula is C22H24N4O3. The van der Waals surface area contributed by atoms with E-state index < -0.39 is 0 Å². The fraction of sp³-hybridized carbons (Fsp3) is 0.273. The second kappa shape index (κ2) is 8.68. The number of allylic oxidation sites excluding steroid dienone is 1. The van der Waals surface area contributed by atoms with Gasteiger partial charge < -0.3 is 15.5 Å². The van der Waals surface area contributed by atoms with E-state index in [1.165, 1.54) is 19.3 Å². The largest absolute Gasteiger partial charge is 0.354 e. The Balaban J connectivity index is 1.60. The summed E-state index contributed by atoms with van der Waals surface area (Å²) in [5, 5.41) is 5.35. The van der Waals surface area contributed by atoms with Gasteiger partial charge in [-0.15, -0.1) is 0 Å². The van der Waals surface area contributed by atoms with Gasteiger partial charge in [0, 0.05) is 39.0 Å². The fourth-order valence-corrected chi connectivity index (χ4v) is 3.13. The Bertz CT molecular complexity index is 976. The summed E-state index contributed by atoms with van der Waals surface area (Å²) in [6.45, 7) is 5.36. The van der Waals surface area contributed by atoms with Crippen molar-refractivity contribution in [2.24, 2.45) is 0 Å². The lowest BCUT2D eigenvalue weighted by Gasteiger charge is -2.12. The topological polar surface area (TPSA) is 91.4 Å². The molecule has 1 aromatic carbocycles. The Labute approximate surface area is 169 Å². The molecule has 0 bridgehead atoms. The van der Waals surface area contributed by atoms with Crippen molar-refractivity contribution in [1.82, 2.24) is 20.5 Å². The Morgan fingerprint density at radius 2 is 1.83 bits per heavy atom. The van der Waals surface area contributed by atoms with Crippen LogP contribution in [0, 0.1) is 0 Å². The molecule has 2 aromatic rings. The molecule has 2 N–H and O–H groups in total. The molecule has 7 heteroatoms. The van der Waals surface area contributed by atoms with Crippen LogP contribution in [-0.2, 0) is 24.4 Å². The first-order chi connectivity index (χ1) is 13.9. The first-order valence-electron chi connectivity index (χ1n) is 9.38. The fourth-order valence-electron chi connectivity index (χ4n) is 3.13. The van der Waals surface area contributed by atoms with Gasteiger partial charge in [-0.05, 0) is 42.7 Å². The Morgan fingerprint density at radius 1 is 1.07 bits per heavy atom. The van der Waals surface area contributed by atoms with Crippen LogP contribution in [0.2, 0.25) is 0 Å². The first-order valence-corrected chi connectivity index (χ1v) is 9.38. The summed E-state index contributed by atoms with van der Waals surface area (Å²) in [5.74, 6) is -0.544. The van der Waals surface area contributed by atoms with Crippen molar-refractivity contribution in [1.29, 1.82) is 0 Å². The number of hydrogen-bond donors (Lipinski definition) is 2. The number of aromatic nitrogens is 1. The number of fused-ring (bicyclic) bond motifs is 1. The monoisotopic (exact) mass is 392 g/mol. The van der Waals surface area contributed by atoms with E-state index in [1.54, 1.807) is 17.0 Å². The smallest absolute Gasteiger partial charge is 0.269 e. The van der Waals surface area contributed by atoms with Gasteiger partial charge in [-0.2, -0.15) is 0 Å². The van der Waals surface area contributed by atoms with Crippen molar-refractivity contribution in [2.45, 2.75) is 33.5 Å². The minimum Gasteiger partial charge on any atom is -0.354 e. The number of benzene rings is 1. The predicted molar refractivity (Wildman–Crippen MR) is 109 cm³/mol. The Hall–Kier alpha value is -3.48. The van der Waals surface area contributed by atoms with E-state index >= 15 is 0 Å². The van der Waals surface area contributed by atoms with Crippen LogP contribution in [0.4, 0.5) is 0 Å². The first kappa shape index (κ1) is 20.3. The molecule has 0 aliphatic carbocycles. The third kappa shape index (κ3) is 4.87. The maximum Gasteiger partial charge on any atom is 0.269 e. The highest BCUT2D eigenvalue weighted by atomic mass is 16.2. The van der Waals surface area contributed by atoms with Crippen LogP contribution in [0.15, 0.2) is 48.2 Å². The SMILES string of the molecule is CNC(=O)c1ccc(C(=O)NCc2ccc3c(c2)CN(C(=O)C=C(C)C)C3)cn1. The van der Waals surface area contributed by atoms with Crippen LogP contribution >= 0.6 is 0 Å². The molecule has 0 saturated heterocycles. The number of pyridine rings is 1. The maximum atomic E-state index is 12.3. The second-order valence-corrected chi connectivity index (χ2v) is 7.21. The molecule has 0 unspecified atom stereocenters. The number of hydrogen-bond acceptors (Lipinski definition) is 4. The summed E-state index contributed by atoms with van der Waals surface area (Å²) in [6.07, 6.45) is 3.03. The predicted octanol–water partition coefficient (Wildman–Crippen LogP) is 2.18. The number of nitrogens with zero attached hydrogens (tertiary/aromatic N) is 2. The van der Waals surface area contributed by atoms with Gasteiger partial charge in [0.25, 0.3) is 11.8 Å². The zero-order valence-corrected chi connectivity index (χ0v) is 16.8. The zero-order valence-electron chi connectivity index (χ0n) is 16.8. The minimum absolute atomic E-state index is 0.0174. The molecule has 0 radical (unpaired) electrons. The second-order valence-electron chi connectivity index (χ2n) is 7.21. The Morgan fingerprint density at radius 3 is 2.48 bits per heavy atom. The molecular weight excluding hydrogens is 368 g/mol. The van der Waals surface area contributed by atoms with E-state index in [2.05, 4.69) is 15.6 Å². The lowest BCUT2D eigenvalue weighted by molar-refractivity contribution is -0.126. The summed E-state index contributed by atoms with van der Waals surface area (Å²) < 4.78 is 0. The van der Waals surface area contributed by atoms with E-state index in [9.17, 15) is 14.4 Å². The average Bonchev–Trinajstić information content (AvgIpc) is 3.14. The molecule has 1 aromatic heterocycles. The average molecular weight is 392 g/mol. The molecule has 1 aliphatic rings. The highest BCUT2D eigenvalue weighted by Crippen LogP contribution is 2.24. The summed E-state index contributed by atoms with van der Waals surface area (Å²) in [6, 6.07) is 9.08. The van der Waals surface area contributed by atoms with Crippen LogP contribution in [0.1, 0.15) is 51.4 Å². The summed E-state index contributed by atoms with van der Waals surface area (Å²) in [5.41, 5.74) is 4.82. The van der Waals surface area contributed by atoms with Crippen LogP contribution in [0.3, 0.4) is 0 Å². The van der Waals surface area contributed by atoms with Gasteiger partial charge >= 0.3 is 0 Å². The minimum atomic E-state index is -0.299. The van der Waals surface area contributed by atoms with Gasteiger partial charge in [-0.3, -0.25) is 19.4 Å². The zero-order chi connectivity index (χ0) is 21.0. The van der Waals surface area contributed by atoms with Crippen molar-refractivity contribution in [3.8, 4) is 0 Å². The molecule has 0 fully saturated rings. The molecule has 0 spiro atoms. The maximum absolute atomic E-state index is 12.3. The molecule has 7 nitrogen and oxygen atoms in total. The van der Waals surface area contributed by atoms with Crippen molar-refractivity contribution in [3.63, 3.8) is 0 Å². The summed E-state index contributed by atoms with van der Waals surface area (Å²) in [4.78, 5) is 41.9. The molecule has 0 atom stereocenters. The Kier molecular flexibility index (Phi) is 6.07. The van der Waals surface area contributed by atoms with Gasteiger partial charge in [-0.25, -0.2) is 0 Å². The number of nitrogens with one attached hydrogen (secondary N) is 2. The van der Waals surface area contributed by atoms with Crippen molar-refractivity contribution in [2.75, 3.05) is 7.05 Å². The van der Waals surface area contributed by atoms with E-state index in [1.807, 2.05) is 32.0 Å². The van der Waals surface area contributed by atoms with E-state index in [4.69, 9.17) is 0 Å². The highest BCUT2D eigenvalue weighted by Gasteiger charge is 2.22. The van der Waals surface area contributed by atoms with E-state index in [-0.39, 0.29) is 23.4 Å². The molecule has 150 valence electrons. The van der Waals surface area contributed by atoms with Crippen LogP contribution in [0.5, 0.6) is 0 Å². The highest BCUT2D eigenvalue weighted by molar-refractivity contribution is 5.96. The van der Waals surface area contributed by atoms with Crippen LogP contribution < -0.4 is 10.6 Å². The van der Waals surface area contributed by atoms with Crippen molar-refractivity contribution >= 4 is 17.7 Å². The normalized spacial score (nSPS) is 12.2. The van der Waals surface area contributed by atoms with E-state index in [0.29, 0.717) is 25.2 Å². The lowest BCUT2D eigenvalue weighted by Crippen LogP contribution is -2.24. The van der Waals surface area contributed by atoms with Crippen LogP contribution in [-0.4, -0.2) is 34.7 Å². The molecule has 3 amide bonds. The quantitative estimate of drug-likeness (QED) is 0.763. The third-order valence-corrected chi connectivity index (χ3v) is 4.66. The molecule has 29 heavy (non-hydrogen) atoms. The number of rotatable bonds is 5. The lowest BCUT2D eigenvalue weighted by atomic mass is 10.1. The number of amides is 3.